The van der Waals surface area contributed by atoms with Crippen molar-refractivity contribution in [3.8, 4) is 0 Å². The number of carbonyl (C=O) groups excluding carboxylic acids is 1. The summed E-state index contributed by atoms with van der Waals surface area (Å²) in [5, 5.41) is 2.92. The fraction of sp³-hybridized carbons (Fsp3) is 0.636. The molecule has 5 heteroatoms. The van der Waals surface area contributed by atoms with Crippen LogP contribution in [0.1, 0.15) is 19.0 Å². The smallest absolute Gasteiger partial charge is 0.225 e. The van der Waals surface area contributed by atoms with Crippen molar-refractivity contribution in [1.82, 2.24) is 15.3 Å². The van der Waals surface area contributed by atoms with Crippen LogP contribution in [0.15, 0.2) is 12.5 Å². The summed E-state index contributed by atoms with van der Waals surface area (Å²) in [6, 6.07) is 0. The largest absolute Gasteiger partial charge is 0.378 e. The molecule has 1 aliphatic rings. The number of amides is 1. The van der Waals surface area contributed by atoms with Crippen LogP contribution in [0.4, 0.5) is 0 Å². The molecule has 88 valence electrons. The minimum Gasteiger partial charge on any atom is -0.378 e. The molecule has 1 aliphatic heterocycles. The molecule has 1 aromatic heterocycles. The Morgan fingerprint density at radius 3 is 3.25 bits per heavy atom. The lowest BCUT2D eigenvalue weighted by atomic mass is 10.1. The first-order valence-electron chi connectivity index (χ1n) is 5.62. The molecule has 1 fully saturated rings. The van der Waals surface area contributed by atoms with Gasteiger partial charge in [-0.15, -0.1) is 0 Å². The van der Waals surface area contributed by atoms with Gasteiger partial charge in [0.2, 0.25) is 5.91 Å². The van der Waals surface area contributed by atoms with Gasteiger partial charge in [-0.3, -0.25) is 4.79 Å². The third-order valence-electron chi connectivity index (χ3n) is 2.82. The Labute approximate surface area is 94.6 Å². The number of nitrogens with one attached hydrogen (secondary N) is 2. The maximum atomic E-state index is 11.7. The molecule has 1 saturated heterocycles. The van der Waals surface area contributed by atoms with Crippen molar-refractivity contribution in [3.63, 3.8) is 0 Å². The minimum atomic E-state index is 0.0248. The molecule has 1 amide bonds. The van der Waals surface area contributed by atoms with E-state index in [1.165, 1.54) is 0 Å². The van der Waals surface area contributed by atoms with E-state index in [0.717, 1.165) is 18.5 Å². The SMILES string of the molecule is CC1CC(C(=O)NCCc2cnc[nH]2)CO1. The summed E-state index contributed by atoms with van der Waals surface area (Å²) < 4.78 is 5.36. The van der Waals surface area contributed by atoms with Crippen molar-refractivity contribution in [2.24, 2.45) is 5.92 Å². The van der Waals surface area contributed by atoms with Crippen LogP contribution in [0.5, 0.6) is 0 Å². The molecule has 0 aromatic carbocycles. The van der Waals surface area contributed by atoms with E-state index in [9.17, 15) is 4.79 Å². The summed E-state index contributed by atoms with van der Waals surface area (Å²) in [7, 11) is 0. The second-order valence-corrected chi connectivity index (χ2v) is 4.19. The first-order valence-corrected chi connectivity index (χ1v) is 5.62. The Morgan fingerprint density at radius 1 is 1.75 bits per heavy atom. The lowest BCUT2D eigenvalue weighted by molar-refractivity contribution is -0.124. The van der Waals surface area contributed by atoms with Crippen molar-refractivity contribution in [2.45, 2.75) is 25.9 Å². The van der Waals surface area contributed by atoms with E-state index in [0.29, 0.717) is 13.2 Å². The third kappa shape index (κ3) is 2.82. The average molecular weight is 223 g/mol. The summed E-state index contributed by atoms with van der Waals surface area (Å²) in [6.45, 7) is 3.20. The van der Waals surface area contributed by atoms with Gasteiger partial charge in [0.05, 0.1) is 25.0 Å². The number of hydrogen-bond donors (Lipinski definition) is 2. The van der Waals surface area contributed by atoms with Gasteiger partial charge in [0.1, 0.15) is 0 Å². The lowest BCUT2D eigenvalue weighted by Gasteiger charge is -2.08. The number of rotatable bonds is 4. The number of imidazole rings is 1. The van der Waals surface area contributed by atoms with Crippen molar-refractivity contribution >= 4 is 5.91 Å². The maximum absolute atomic E-state index is 11.7. The topological polar surface area (TPSA) is 67.0 Å². The van der Waals surface area contributed by atoms with Crippen LogP contribution in [0.2, 0.25) is 0 Å². The summed E-state index contributed by atoms with van der Waals surface area (Å²) in [5.74, 6) is 0.126. The first kappa shape index (κ1) is 11.1. The summed E-state index contributed by atoms with van der Waals surface area (Å²) in [4.78, 5) is 18.6. The van der Waals surface area contributed by atoms with Crippen molar-refractivity contribution in [2.75, 3.05) is 13.2 Å². The molecule has 5 nitrogen and oxygen atoms in total. The Bertz CT molecular complexity index is 337. The molecule has 2 atom stereocenters. The number of aromatic nitrogens is 2. The fourth-order valence-corrected chi connectivity index (χ4v) is 1.89. The van der Waals surface area contributed by atoms with Crippen LogP contribution in [-0.2, 0) is 16.0 Å². The number of ether oxygens (including phenoxy) is 1. The molecular formula is C11H17N3O2. The lowest BCUT2D eigenvalue weighted by Crippen LogP contribution is -2.32. The zero-order valence-electron chi connectivity index (χ0n) is 9.40. The van der Waals surface area contributed by atoms with Crippen LogP contribution >= 0.6 is 0 Å². The highest BCUT2D eigenvalue weighted by Gasteiger charge is 2.27. The second kappa shape index (κ2) is 5.12. The van der Waals surface area contributed by atoms with E-state index in [4.69, 9.17) is 4.74 Å². The Balaban J connectivity index is 1.68. The van der Waals surface area contributed by atoms with Gasteiger partial charge in [0.25, 0.3) is 0 Å². The van der Waals surface area contributed by atoms with E-state index in [1.807, 2.05) is 6.92 Å². The van der Waals surface area contributed by atoms with Crippen molar-refractivity contribution < 1.29 is 9.53 Å². The summed E-state index contributed by atoms with van der Waals surface area (Å²) >= 11 is 0. The number of aromatic amines is 1. The predicted molar refractivity (Wildman–Crippen MR) is 58.8 cm³/mol. The monoisotopic (exact) mass is 223 g/mol. The van der Waals surface area contributed by atoms with Gasteiger partial charge in [-0.05, 0) is 13.3 Å². The van der Waals surface area contributed by atoms with E-state index < -0.39 is 0 Å². The van der Waals surface area contributed by atoms with E-state index in [-0.39, 0.29) is 17.9 Å². The fourth-order valence-electron chi connectivity index (χ4n) is 1.89. The molecule has 0 saturated carbocycles. The van der Waals surface area contributed by atoms with Gasteiger partial charge in [-0.25, -0.2) is 4.98 Å². The molecule has 0 bridgehead atoms. The second-order valence-electron chi connectivity index (χ2n) is 4.19. The molecule has 1 aromatic rings. The number of nitrogens with zero attached hydrogens (tertiary/aromatic N) is 1. The number of hydrogen-bond acceptors (Lipinski definition) is 3. The molecule has 2 unspecified atom stereocenters. The first-order chi connectivity index (χ1) is 7.75. The predicted octanol–water partition coefficient (Wildman–Crippen LogP) is 0.493. The number of H-pyrrole nitrogens is 1. The van der Waals surface area contributed by atoms with E-state index in [2.05, 4.69) is 15.3 Å². The Kier molecular flexibility index (Phi) is 3.56. The van der Waals surface area contributed by atoms with Gasteiger partial charge in [0, 0.05) is 24.9 Å². The summed E-state index contributed by atoms with van der Waals surface area (Å²) in [5.41, 5.74) is 1.04. The van der Waals surface area contributed by atoms with Crippen LogP contribution in [0.25, 0.3) is 0 Å². The molecule has 16 heavy (non-hydrogen) atoms. The highest BCUT2D eigenvalue weighted by atomic mass is 16.5. The average Bonchev–Trinajstić information content (AvgIpc) is 2.89. The molecular weight excluding hydrogens is 206 g/mol. The van der Waals surface area contributed by atoms with Crippen molar-refractivity contribution in [1.29, 1.82) is 0 Å². The van der Waals surface area contributed by atoms with Gasteiger partial charge in [0.15, 0.2) is 0 Å². The van der Waals surface area contributed by atoms with Crippen LogP contribution in [-0.4, -0.2) is 35.1 Å². The van der Waals surface area contributed by atoms with Crippen LogP contribution < -0.4 is 5.32 Å². The molecule has 0 aliphatic carbocycles. The van der Waals surface area contributed by atoms with E-state index >= 15 is 0 Å². The normalized spacial score (nSPS) is 24.6. The van der Waals surface area contributed by atoms with E-state index in [1.54, 1.807) is 12.5 Å². The quantitative estimate of drug-likeness (QED) is 0.780. The van der Waals surface area contributed by atoms with Crippen LogP contribution in [0, 0.1) is 5.92 Å². The molecule has 2 rings (SSSR count). The molecule has 0 radical (unpaired) electrons. The highest BCUT2D eigenvalue weighted by Crippen LogP contribution is 2.18. The zero-order chi connectivity index (χ0) is 11.4. The minimum absolute atomic E-state index is 0.0248. The maximum Gasteiger partial charge on any atom is 0.225 e. The molecule has 2 N–H and O–H groups in total. The van der Waals surface area contributed by atoms with Crippen molar-refractivity contribution in [3.05, 3.63) is 18.2 Å². The van der Waals surface area contributed by atoms with Gasteiger partial charge in [-0.2, -0.15) is 0 Å². The van der Waals surface area contributed by atoms with Gasteiger partial charge >= 0.3 is 0 Å². The molecule has 0 spiro atoms. The molecule has 2 heterocycles. The summed E-state index contributed by atoms with van der Waals surface area (Å²) in [6.07, 6.45) is 5.24. The van der Waals surface area contributed by atoms with Gasteiger partial charge in [-0.1, -0.05) is 0 Å². The third-order valence-corrected chi connectivity index (χ3v) is 2.82. The number of carbonyl (C=O) groups is 1. The van der Waals surface area contributed by atoms with Gasteiger partial charge < -0.3 is 15.0 Å². The Hall–Kier alpha value is -1.36. The highest BCUT2D eigenvalue weighted by molar-refractivity contribution is 5.79. The zero-order valence-corrected chi connectivity index (χ0v) is 9.40. The van der Waals surface area contributed by atoms with Crippen LogP contribution in [0.3, 0.4) is 0 Å². The standard InChI is InChI=1S/C11H17N3O2/c1-8-4-9(6-16-8)11(15)13-3-2-10-5-12-7-14-10/h5,7-9H,2-4,6H2,1H3,(H,12,14)(H,13,15). The Morgan fingerprint density at radius 2 is 2.62 bits per heavy atom.